The van der Waals surface area contributed by atoms with Gasteiger partial charge in [-0.25, -0.2) is 9.97 Å². The second-order valence-electron chi connectivity index (χ2n) is 4.32. The Hall–Kier alpha value is -1.75. The van der Waals surface area contributed by atoms with Crippen LogP contribution in [-0.4, -0.2) is 33.0 Å². The summed E-state index contributed by atoms with van der Waals surface area (Å²) in [5.74, 6) is 0.602. The van der Waals surface area contributed by atoms with Gasteiger partial charge in [-0.3, -0.25) is 4.90 Å². The minimum atomic E-state index is -0.452. The van der Waals surface area contributed by atoms with Gasteiger partial charge in [-0.1, -0.05) is 0 Å². The maximum Gasteiger partial charge on any atom is 0.212 e. The molecule has 5 heteroatoms. The van der Waals surface area contributed by atoms with Gasteiger partial charge in [0, 0.05) is 24.8 Å². The third-order valence-electron chi connectivity index (χ3n) is 3.08. The van der Waals surface area contributed by atoms with Crippen LogP contribution in [0.3, 0.4) is 0 Å². The normalized spacial score (nSPS) is 15.9. The molecule has 0 atom stereocenters. The molecule has 0 aromatic carbocycles. The molecule has 3 heterocycles. The molecule has 0 aliphatic carbocycles. The highest BCUT2D eigenvalue weighted by atomic mass is 19.1. The lowest BCUT2D eigenvalue weighted by molar-refractivity contribution is 0.265. The van der Waals surface area contributed by atoms with E-state index in [-0.39, 0.29) is 0 Å². The maximum absolute atomic E-state index is 12.8. The van der Waals surface area contributed by atoms with Crippen molar-refractivity contribution in [1.29, 1.82) is 0 Å². The molecule has 0 saturated heterocycles. The Balaban J connectivity index is 2.02. The van der Waals surface area contributed by atoms with Crippen LogP contribution in [0.2, 0.25) is 0 Å². The van der Waals surface area contributed by atoms with E-state index in [1.54, 1.807) is 12.3 Å². The molecule has 4 nitrogen and oxygen atoms in total. The predicted molar refractivity (Wildman–Crippen MR) is 61.8 cm³/mol. The summed E-state index contributed by atoms with van der Waals surface area (Å²) in [6.07, 6.45) is 3.39. The predicted octanol–water partition coefficient (Wildman–Crippen LogP) is 1.53. The lowest BCUT2D eigenvalue weighted by Gasteiger charge is -2.24. The van der Waals surface area contributed by atoms with Gasteiger partial charge >= 0.3 is 0 Å². The van der Waals surface area contributed by atoms with Gasteiger partial charge in [0.25, 0.3) is 0 Å². The molecule has 17 heavy (non-hydrogen) atoms. The molecule has 88 valence electrons. The molecule has 0 fully saturated rings. The van der Waals surface area contributed by atoms with Crippen LogP contribution in [0.5, 0.6) is 0 Å². The molecule has 1 aliphatic rings. The molecule has 0 bridgehead atoms. The van der Waals surface area contributed by atoms with E-state index < -0.39 is 5.95 Å². The van der Waals surface area contributed by atoms with Gasteiger partial charge < -0.3 is 4.57 Å². The second-order valence-corrected chi connectivity index (χ2v) is 4.32. The van der Waals surface area contributed by atoms with Crippen molar-refractivity contribution in [3.8, 4) is 11.3 Å². The molecule has 1 aliphatic heterocycles. The van der Waals surface area contributed by atoms with Crippen LogP contribution >= 0.6 is 0 Å². The molecule has 0 spiro atoms. The fourth-order valence-corrected chi connectivity index (χ4v) is 2.14. The van der Waals surface area contributed by atoms with Crippen molar-refractivity contribution in [3.05, 3.63) is 36.3 Å². The topological polar surface area (TPSA) is 34.0 Å². The minimum Gasteiger partial charge on any atom is -0.326 e. The zero-order valence-electron chi connectivity index (χ0n) is 9.60. The number of pyridine rings is 1. The zero-order valence-corrected chi connectivity index (χ0v) is 9.60. The van der Waals surface area contributed by atoms with Crippen molar-refractivity contribution in [2.45, 2.75) is 13.1 Å². The van der Waals surface area contributed by atoms with Crippen LogP contribution in [0, 0.1) is 5.95 Å². The molecule has 0 radical (unpaired) electrons. The number of fused-ring (bicyclic) bond motifs is 1. The van der Waals surface area contributed by atoms with E-state index in [0.29, 0.717) is 0 Å². The third kappa shape index (κ3) is 1.82. The van der Waals surface area contributed by atoms with Crippen molar-refractivity contribution in [2.24, 2.45) is 0 Å². The van der Waals surface area contributed by atoms with E-state index in [1.807, 2.05) is 6.20 Å². The number of nitrogens with zero attached hydrogens (tertiary/aromatic N) is 4. The Morgan fingerprint density at radius 1 is 1.18 bits per heavy atom. The third-order valence-corrected chi connectivity index (χ3v) is 3.08. The van der Waals surface area contributed by atoms with Crippen LogP contribution in [0.25, 0.3) is 11.3 Å². The van der Waals surface area contributed by atoms with Gasteiger partial charge in [-0.05, 0) is 19.2 Å². The van der Waals surface area contributed by atoms with E-state index in [9.17, 15) is 4.39 Å². The number of likely N-dealkylation sites (N-methyl/N-ethyl adjacent to an activating group) is 1. The smallest absolute Gasteiger partial charge is 0.212 e. The average Bonchev–Trinajstić information content (AvgIpc) is 2.73. The monoisotopic (exact) mass is 232 g/mol. The SMILES string of the molecule is CN1CCn2c(-c3ccc(F)nc3)cnc2C1. The van der Waals surface area contributed by atoms with Crippen molar-refractivity contribution in [1.82, 2.24) is 19.4 Å². The van der Waals surface area contributed by atoms with E-state index in [1.165, 1.54) is 6.07 Å². The van der Waals surface area contributed by atoms with E-state index in [2.05, 4.69) is 26.5 Å². The average molecular weight is 232 g/mol. The van der Waals surface area contributed by atoms with Crippen LogP contribution in [0.15, 0.2) is 24.5 Å². The summed E-state index contributed by atoms with van der Waals surface area (Å²) in [5.41, 5.74) is 1.93. The Morgan fingerprint density at radius 3 is 2.82 bits per heavy atom. The Morgan fingerprint density at radius 2 is 2.06 bits per heavy atom. The standard InChI is InChI=1S/C12H13FN4/c1-16-4-5-17-10(7-15-12(17)8-16)9-2-3-11(13)14-6-9/h2-3,6-7H,4-5,8H2,1H3. The van der Waals surface area contributed by atoms with E-state index in [0.717, 1.165) is 36.7 Å². The number of aromatic nitrogens is 3. The molecule has 0 unspecified atom stereocenters. The molecule has 0 amide bonds. The first-order valence-electron chi connectivity index (χ1n) is 5.59. The van der Waals surface area contributed by atoms with Gasteiger partial charge in [-0.15, -0.1) is 0 Å². The summed E-state index contributed by atoms with van der Waals surface area (Å²) in [6, 6.07) is 3.12. The number of hydrogen-bond donors (Lipinski definition) is 0. The minimum absolute atomic E-state index is 0.452. The van der Waals surface area contributed by atoms with E-state index >= 15 is 0 Å². The quantitative estimate of drug-likeness (QED) is 0.699. The van der Waals surface area contributed by atoms with Gasteiger partial charge in [0.15, 0.2) is 0 Å². The van der Waals surface area contributed by atoms with Crippen LogP contribution in [0.1, 0.15) is 5.82 Å². The summed E-state index contributed by atoms with van der Waals surface area (Å²) < 4.78 is 15.0. The number of imidazole rings is 1. The summed E-state index contributed by atoms with van der Waals surface area (Å²) in [4.78, 5) is 10.3. The maximum atomic E-state index is 12.8. The number of rotatable bonds is 1. The summed E-state index contributed by atoms with van der Waals surface area (Å²) in [7, 11) is 2.08. The highest BCUT2D eigenvalue weighted by Gasteiger charge is 2.17. The highest BCUT2D eigenvalue weighted by Crippen LogP contribution is 2.22. The van der Waals surface area contributed by atoms with Crippen molar-refractivity contribution in [2.75, 3.05) is 13.6 Å². The Bertz CT molecular complexity index is 532. The second kappa shape index (κ2) is 3.92. The fraction of sp³-hybridized carbons (Fsp3) is 0.333. The van der Waals surface area contributed by atoms with Crippen molar-refractivity contribution >= 4 is 0 Å². The summed E-state index contributed by atoms with van der Waals surface area (Å²) >= 11 is 0. The van der Waals surface area contributed by atoms with Crippen molar-refractivity contribution in [3.63, 3.8) is 0 Å². The largest absolute Gasteiger partial charge is 0.326 e. The molecule has 3 rings (SSSR count). The van der Waals surface area contributed by atoms with Crippen molar-refractivity contribution < 1.29 is 4.39 Å². The van der Waals surface area contributed by atoms with Gasteiger partial charge in [-0.2, -0.15) is 4.39 Å². The molecule has 0 N–H and O–H groups in total. The molecular formula is C12H13FN4. The highest BCUT2D eigenvalue weighted by molar-refractivity contribution is 5.58. The first-order chi connectivity index (χ1) is 8.24. The van der Waals surface area contributed by atoms with Gasteiger partial charge in [0.2, 0.25) is 5.95 Å². The molecule has 0 saturated carbocycles. The summed E-state index contributed by atoms with van der Waals surface area (Å²) in [6.45, 7) is 2.78. The fourth-order valence-electron chi connectivity index (χ4n) is 2.14. The summed E-state index contributed by atoms with van der Waals surface area (Å²) in [5, 5.41) is 0. The number of halogens is 1. The lowest BCUT2D eigenvalue weighted by Crippen LogP contribution is -2.30. The molecule has 2 aromatic heterocycles. The van der Waals surface area contributed by atoms with Gasteiger partial charge in [0.1, 0.15) is 5.82 Å². The number of hydrogen-bond acceptors (Lipinski definition) is 3. The van der Waals surface area contributed by atoms with E-state index in [4.69, 9.17) is 0 Å². The Labute approximate surface area is 98.7 Å². The van der Waals surface area contributed by atoms with Crippen LogP contribution < -0.4 is 0 Å². The van der Waals surface area contributed by atoms with Crippen LogP contribution in [0.4, 0.5) is 4.39 Å². The first-order valence-corrected chi connectivity index (χ1v) is 5.59. The van der Waals surface area contributed by atoms with Gasteiger partial charge in [0.05, 0.1) is 18.4 Å². The molecular weight excluding hydrogens is 219 g/mol. The Kier molecular flexibility index (Phi) is 2.40. The zero-order chi connectivity index (χ0) is 11.8. The first kappa shape index (κ1) is 10.4. The molecule has 2 aromatic rings. The lowest BCUT2D eigenvalue weighted by atomic mass is 10.2. The van der Waals surface area contributed by atoms with Crippen LogP contribution in [-0.2, 0) is 13.1 Å².